The molecule has 1 rings (SSSR count). The van der Waals surface area contributed by atoms with E-state index in [1.54, 1.807) is 6.08 Å². The summed E-state index contributed by atoms with van der Waals surface area (Å²) in [6, 6.07) is 0. The Bertz CT molecular complexity index is 366. The molecule has 1 aliphatic carbocycles. The van der Waals surface area contributed by atoms with Gasteiger partial charge >= 0.3 is 5.97 Å². The fraction of sp³-hybridized carbons (Fsp3) is 0.750. The van der Waals surface area contributed by atoms with Crippen LogP contribution in [-0.2, 0) is 14.3 Å². The van der Waals surface area contributed by atoms with Gasteiger partial charge in [-0.3, -0.25) is 4.79 Å². The zero-order valence-electron chi connectivity index (χ0n) is 12.6. The summed E-state index contributed by atoms with van der Waals surface area (Å²) in [4.78, 5) is 24.0. The van der Waals surface area contributed by atoms with Crippen LogP contribution in [-0.4, -0.2) is 18.9 Å². The molecule has 0 aromatic rings. The Hall–Kier alpha value is -1.12. The third-order valence-electron chi connectivity index (χ3n) is 3.76. The number of ether oxygens (including phenoxy) is 1. The summed E-state index contributed by atoms with van der Waals surface area (Å²) < 4.78 is 4.72. The van der Waals surface area contributed by atoms with Crippen molar-refractivity contribution in [1.29, 1.82) is 0 Å². The first-order valence-electron chi connectivity index (χ1n) is 7.26. The summed E-state index contributed by atoms with van der Waals surface area (Å²) in [5, 5.41) is 0. The molecule has 1 atom stereocenters. The van der Waals surface area contributed by atoms with Crippen LogP contribution in [0.2, 0.25) is 0 Å². The Balaban J connectivity index is 2.73. The molecule has 0 aromatic heterocycles. The number of esters is 1. The quantitative estimate of drug-likeness (QED) is 0.418. The lowest BCUT2D eigenvalue weighted by molar-refractivity contribution is -0.139. The number of allylic oxidation sites excluding steroid dienone is 1. The van der Waals surface area contributed by atoms with Gasteiger partial charge in [-0.05, 0) is 18.3 Å². The molecule has 19 heavy (non-hydrogen) atoms. The highest BCUT2D eigenvalue weighted by molar-refractivity contribution is 6.18. The van der Waals surface area contributed by atoms with Gasteiger partial charge in [0.25, 0.3) is 0 Å². The molecule has 0 aliphatic heterocycles. The van der Waals surface area contributed by atoms with Gasteiger partial charge < -0.3 is 4.74 Å². The third-order valence-corrected chi connectivity index (χ3v) is 3.76. The summed E-state index contributed by atoms with van der Waals surface area (Å²) in [5.74, 6) is -0.537. The van der Waals surface area contributed by atoms with E-state index in [1.807, 2.05) is 0 Å². The van der Waals surface area contributed by atoms with Gasteiger partial charge in [-0.25, -0.2) is 4.79 Å². The maximum Gasteiger partial charge on any atom is 0.341 e. The molecule has 1 unspecified atom stereocenters. The normalized spacial score (nSPS) is 22.0. The molecule has 108 valence electrons. The minimum absolute atomic E-state index is 0.0223. The summed E-state index contributed by atoms with van der Waals surface area (Å²) >= 11 is 0. The summed E-state index contributed by atoms with van der Waals surface area (Å²) in [5.41, 5.74) is 0.145. The van der Waals surface area contributed by atoms with Gasteiger partial charge in [0.2, 0.25) is 0 Å². The van der Waals surface area contributed by atoms with Crippen LogP contribution in [0.5, 0.6) is 0 Å². The second-order valence-electron chi connectivity index (χ2n) is 6.15. The lowest BCUT2D eigenvalue weighted by Crippen LogP contribution is -2.32. The molecule has 3 nitrogen and oxygen atoms in total. The van der Waals surface area contributed by atoms with Crippen molar-refractivity contribution in [3.63, 3.8) is 0 Å². The minimum atomic E-state index is -0.490. The number of ketones is 1. The van der Waals surface area contributed by atoms with E-state index in [4.69, 9.17) is 4.74 Å². The van der Waals surface area contributed by atoms with E-state index < -0.39 is 5.97 Å². The number of Topliss-reactive ketones (excluding diaryl/α,β-unsaturated/α-hetero) is 1. The van der Waals surface area contributed by atoms with Crippen molar-refractivity contribution < 1.29 is 14.3 Å². The lowest BCUT2D eigenvalue weighted by atomic mass is 9.71. The summed E-state index contributed by atoms with van der Waals surface area (Å²) in [6.45, 7) is 6.32. The van der Waals surface area contributed by atoms with E-state index in [0.29, 0.717) is 0 Å². The topological polar surface area (TPSA) is 43.4 Å². The fourth-order valence-electron chi connectivity index (χ4n) is 2.79. The van der Waals surface area contributed by atoms with Crippen LogP contribution in [0.3, 0.4) is 0 Å². The Morgan fingerprint density at radius 2 is 2.05 bits per heavy atom. The first-order valence-corrected chi connectivity index (χ1v) is 7.26. The van der Waals surface area contributed by atoms with Crippen molar-refractivity contribution in [2.75, 3.05) is 7.11 Å². The fourth-order valence-corrected chi connectivity index (χ4v) is 2.79. The predicted molar refractivity (Wildman–Crippen MR) is 75.8 cm³/mol. The first-order chi connectivity index (χ1) is 8.91. The monoisotopic (exact) mass is 266 g/mol. The van der Waals surface area contributed by atoms with E-state index >= 15 is 0 Å². The van der Waals surface area contributed by atoms with Crippen molar-refractivity contribution in [2.24, 2.45) is 11.3 Å². The van der Waals surface area contributed by atoms with Crippen LogP contribution in [0, 0.1) is 11.3 Å². The molecule has 0 radical (unpaired) electrons. The average molecular weight is 266 g/mol. The number of hydrogen-bond donors (Lipinski definition) is 0. The number of unbranched alkanes of at least 4 members (excludes halogenated alkanes) is 3. The molecule has 0 N–H and O–H groups in total. The average Bonchev–Trinajstić information content (AvgIpc) is 2.37. The smallest absolute Gasteiger partial charge is 0.341 e. The van der Waals surface area contributed by atoms with E-state index in [2.05, 4.69) is 20.8 Å². The third kappa shape index (κ3) is 4.48. The molecular weight excluding hydrogens is 240 g/mol. The molecule has 3 heteroatoms. The highest BCUT2D eigenvalue weighted by Crippen LogP contribution is 2.37. The van der Waals surface area contributed by atoms with Crippen molar-refractivity contribution >= 4 is 11.8 Å². The highest BCUT2D eigenvalue weighted by Gasteiger charge is 2.37. The molecule has 0 bridgehead atoms. The molecular formula is C16H26O3. The summed E-state index contributed by atoms with van der Waals surface area (Å²) in [6.07, 6.45) is 8.13. The molecule has 0 amide bonds. The van der Waals surface area contributed by atoms with Crippen molar-refractivity contribution in [3.8, 4) is 0 Å². The Morgan fingerprint density at radius 3 is 2.63 bits per heavy atom. The predicted octanol–water partition coefficient (Wildman–Crippen LogP) is 3.67. The summed E-state index contributed by atoms with van der Waals surface area (Å²) in [7, 11) is 1.33. The van der Waals surface area contributed by atoms with Gasteiger partial charge in [0.15, 0.2) is 5.78 Å². The highest BCUT2D eigenvalue weighted by atomic mass is 16.5. The molecule has 0 fully saturated rings. The van der Waals surface area contributed by atoms with Gasteiger partial charge in [0, 0.05) is 5.92 Å². The van der Waals surface area contributed by atoms with Crippen LogP contribution in [0.15, 0.2) is 11.6 Å². The Kier molecular flexibility index (Phi) is 5.77. The van der Waals surface area contributed by atoms with Crippen molar-refractivity contribution in [2.45, 2.75) is 59.3 Å². The molecule has 0 spiro atoms. The number of carbonyl (C=O) groups is 2. The molecule has 1 aliphatic rings. The van der Waals surface area contributed by atoms with E-state index in [0.717, 1.165) is 25.7 Å². The standard InChI is InChI=1S/C16H26O3/c1-5-6-7-8-9-12-10-16(2,3)11-13(14(12)17)15(18)19-4/h11-12H,5-10H2,1-4H3. The number of hydrogen-bond acceptors (Lipinski definition) is 3. The Labute approximate surface area is 116 Å². The van der Waals surface area contributed by atoms with Crippen molar-refractivity contribution in [1.82, 2.24) is 0 Å². The lowest BCUT2D eigenvalue weighted by Gasteiger charge is -2.32. The number of methoxy groups -OCH3 is 1. The van der Waals surface area contributed by atoms with Gasteiger partial charge in [-0.15, -0.1) is 0 Å². The van der Waals surface area contributed by atoms with Crippen LogP contribution >= 0.6 is 0 Å². The maximum absolute atomic E-state index is 12.3. The van der Waals surface area contributed by atoms with E-state index in [-0.39, 0.29) is 22.7 Å². The van der Waals surface area contributed by atoms with Crippen LogP contribution in [0.25, 0.3) is 0 Å². The van der Waals surface area contributed by atoms with Gasteiger partial charge in [-0.1, -0.05) is 52.5 Å². The zero-order chi connectivity index (χ0) is 14.5. The largest absolute Gasteiger partial charge is 0.465 e. The molecule has 0 heterocycles. The second-order valence-corrected chi connectivity index (χ2v) is 6.15. The van der Waals surface area contributed by atoms with Gasteiger partial charge in [-0.2, -0.15) is 0 Å². The maximum atomic E-state index is 12.3. The number of carbonyl (C=O) groups excluding carboxylic acids is 2. The SMILES string of the molecule is CCCCCCC1CC(C)(C)C=C(C(=O)OC)C1=O. The van der Waals surface area contributed by atoms with Crippen molar-refractivity contribution in [3.05, 3.63) is 11.6 Å². The minimum Gasteiger partial charge on any atom is -0.465 e. The van der Waals surface area contributed by atoms with E-state index in [9.17, 15) is 9.59 Å². The zero-order valence-corrected chi connectivity index (χ0v) is 12.6. The first kappa shape index (κ1) is 15.9. The van der Waals surface area contributed by atoms with E-state index in [1.165, 1.54) is 20.0 Å². The second kappa shape index (κ2) is 6.88. The molecule has 0 aromatic carbocycles. The van der Waals surface area contributed by atoms with Gasteiger partial charge in [0.05, 0.1) is 12.7 Å². The van der Waals surface area contributed by atoms with Gasteiger partial charge in [0.1, 0.15) is 0 Å². The Morgan fingerprint density at radius 1 is 1.37 bits per heavy atom. The van der Waals surface area contributed by atoms with Crippen LogP contribution < -0.4 is 0 Å². The van der Waals surface area contributed by atoms with Crippen LogP contribution in [0.1, 0.15) is 59.3 Å². The van der Waals surface area contributed by atoms with Crippen LogP contribution in [0.4, 0.5) is 0 Å². The number of rotatable bonds is 6. The molecule has 0 saturated heterocycles. The molecule has 0 saturated carbocycles.